The summed E-state index contributed by atoms with van der Waals surface area (Å²) in [6.07, 6.45) is 5.83. The van der Waals surface area contributed by atoms with E-state index >= 15 is 0 Å². The first-order valence-corrected chi connectivity index (χ1v) is 11.4. The molecule has 1 aliphatic rings. The quantitative estimate of drug-likeness (QED) is 0.546. The average molecular weight is 457 g/mol. The minimum atomic E-state index is -0.613. The van der Waals surface area contributed by atoms with E-state index in [2.05, 4.69) is 10.6 Å². The fourth-order valence-electron chi connectivity index (χ4n) is 3.89. The normalized spacial score (nSPS) is 14.9. The van der Waals surface area contributed by atoms with Crippen LogP contribution in [0.3, 0.4) is 0 Å². The van der Waals surface area contributed by atoms with Crippen LogP contribution in [-0.4, -0.2) is 30.9 Å². The summed E-state index contributed by atoms with van der Waals surface area (Å²) < 4.78 is 5.18. The van der Waals surface area contributed by atoms with Crippen LogP contribution in [0.25, 0.3) is 0 Å². The van der Waals surface area contributed by atoms with Gasteiger partial charge in [0.25, 0.3) is 11.8 Å². The number of hydrogen-bond donors (Lipinski definition) is 2. The van der Waals surface area contributed by atoms with E-state index in [9.17, 15) is 14.4 Å². The Morgan fingerprint density at radius 1 is 0.969 bits per heavy atom. The number of carbonyl (C=O) groups is 3. The fraction of sp³-hybridized carbons (Fsp3) is 0.400. The summed E-state index contributed by atoms with van der Waals surface area (Å²) in [5.41, 5.74) is 1.08. The topological polar surface area (TPSA) is 84.5 Å². The number of amides is 2. The zero-order valence-electron chi connectivity index (χ0n) is 18.0. The highest BCUT2D eigenvalue weighted by Gasteiger charge is 2.22. The molecule has 0 saturated heterocycles. The Hall–Kier alpha value is -2.86. The number of halogens is 1. The van der Waals surface area contributed by atoms with Crippen LogP contribution in [0.1, 0.15) is 60.5 Å². The summed E-state index contributed by atoms with van der Waals surface area (Å²) in [6.45, 7) is 0.294. The largest absolute Gasteiger partial charge is 0.456 e. The van der Waals surface area contributed by atoms with Gasteiger partial charge in [0, 0.05) is 6.54 Å². The number of ether oxygens (including phenoxy) is 1. The molecule has 1 atom stereocenters. The first-order valence-electron chi connectivity index (χ1n) is 11.1. The molecule has 0 heterocycles. The van der Waals surface area contributed by atoms with E-state index in [1.807, 2.05) is 30.3 Å². The van der Waals surface area contributed by atoms with E-state index in [0.717, 1.165) is 18.4 Å². The van der Waals surface area contributed by atoms with Crippen LogP contribution in [-0.2, 0) is 14.3 Å². The zero-order chi connectivity index (χ0) is 22.8. The number of benzene rings is 2. The molecule has 1 aliphatic carbocycles. The van der Waals surface area contributed by atoms with Crippen molar-refractivity contribution in [3.05, 3.63) is 70.7 Å². The van der Waals surface area contributed by atoms with Gasteiger partial charge in [-0.3, -0.25) is 14.4 Å². The van der Waals surface area contributed by atoms with Crippen molar-refractivity contribution in [3.8, 4) is 0 Å². The third kappa shape index (κ3) is 7.38. The standard InChI is InChI=1S/C25H29ClN2O4/c26-21-14-8-7-13-20(21)25(31)28-22(19-11-5-2-6-12-19)15-24(30)32-17-23(29)27-16-18-9-3-1-4-10-18/h2,5-8,11-14,18,22H,1,3-4,9-10,15-17H2,(H,27,29)(H,28,31). The summed E-state index contributed by atoms with van der Waals surface area (Å²) >= 11 is 6.13. The number of esters is 1. The van der Waals surface area contributed by atoms with E-state index < -0.39 is 12.0 Å². The second kappa shape index (κ2) is 12.2. The van der Waals surface area contributed by atoms with Gasteiger partial charge in [-0.2, -0.15) is 0 Å². The van der Waals surface area contributed by atoms with Crippen LogP contribution in [0.2, 0.25) is 5.02 Å². The van der Waals surface area contributed by atoms with Crippen molar-refractivity contribution >= 4 is 29.4 Å². The molecule has 7 heteroatoms. The lowest BCUT2D eigenvalue weighted by molar-refractivity contribution is -0.149. The van der Waals surface area contributed by atoms with Gasteiger partial charge in [0.1, 0.15) is 0 Å². The van der Waals surface area contributed by atoms with Crippen molar-refractivity contribution in [2.75, 3.05) is 13.2 Å². The molecule has 32 heavy (non-hydrogen) atoms. The Bertz CT molecular complexity index is 913. The summed E-state index contributed by atoms with van der Waals surface area (Å²) in [5, 5.41) is 6.03. The minimum absolute atomic E-state index is 0.101. The lowest BCUT2D eigenvalue weighted by atomic mass is 9.89. The van der Waals surface area contributed by atoms with Crippen molar-refractivity contribution in [3.63, 3.8) is 0 Å². The van der Waals surface area contributed by atoms with Crippen molar-refractivity contribution in [2.45, 2.75) is 44.6 Å². The second-order valence-electron chi connectivity index (χ2n) is 8.09. The first-order chi connectivity index (χ1) is 15.5. The van der Waals surface area contributed by atoms with Crippen LogP contribution in [0.4, 0.5) is 0 Å². The Morgan fingerprint density at radius 2 is 1.66 bits per heavy atom. The van der Waals surface area contributed by atoms with E-state index in [1.54, 1.807) is 24.3 Å². The van der Waals surface area contributed by atoms with Gasteiger partial charge in [-0.05, 0) is 36.5 Å². The number of nitrogens with one attached hydrogen (secondary N) is 2. The summed E-state index contributed by atoms with van der Waals surface area (Å²) in [4.78, 5) is 37.2. The molecule has 6 nitrogen and oxygen atoms in total. The molecule has 1 saturated carbocycles. The molecule has 170 valence electrons. The second-order valence-corrected chi connectivity index (χ2v) is 8.50. The van der Waals surface area contributed by atoms with Crippen LogP contribution < -0.4 is 10.6 Å². The number of carbonyl (C=O) groups excluding carboxylic acids is 3. The third-order valence-electron chi connectivity index (χ3n) is 5.67. The van der Waals surface area contributed by atoms with Crippen molar-refractivity contribution in [1.29, 1.82) is 0 Å². The van der Waals surface area contributed by atoms with Gasteiger partial charge in [-0.15, -0.1) is 0 Å². The molecule has 0 aliphatic heterocycles. The predicted octanol–water partition coefficient (Wildman–Crippen LogP) is 4.44. The van der Waals surface area contributed by atoms with Crippen LogP contribution >= 0.6 is 11.6 Å². The van der Waals surface area contributed by atoms with E-state index in [1.165, 1.54) is 19.3 Å². The highest BCUT2D eigenvalue weighted by Crippen LogP contribution is 2.23. The van der Waals surface area contributed by atoms with Gasteiger partial charge < -0.3 is 15.4 Å². The van der Waals surface area contributed by atoms with Crippen LogP contribution in [0, 0.1) is 5.92 Å². The molecule has 2 amide bonds. The molecule has 0 spiro atoms. The molecule has 0 bridgehead atoms. The van der Waals surface area contributed by atoms with E-state index in [-0.39, 0.29) is 24.8 Å². The van der Waals surface area contributed by atoms with Crippen molar-refractivity contribution in [2.24, 2.45) is 5.92 Å². The average Bonchev–Trinajstić information content (AvgIpc) is 2.82. The van der Waals surface area contributed by atoms with Gasteiger partial charge >= 0.3 is 5.97 Å². The Morgan fingerprint density at radius 3 is 2.38 bits per heavy atom. The monoisotopic (exact) mass is 456 g/mol. The summed E-state index contributed by atoms with van der Waals surface area (Å²) in [6, 6.07) is 15.3. The molecule has 3 rings (SSSR count). The Balaban J connectivity index is 1.53. The number of rotatable bonds is 9. The smallest absolute Gasteiger partial charge is 0.308 e. The molecule has 1 unspecified atom stereocenters. The molecule has 2 N–H and O–H groups in total. The highest BCUT2D eigenvalue weighted by atomic mass is 35.5. The Labute approximate surface area is 193 Å². The lowest BCUT2D eigenvalue weighted by Gasteiger charge is -2.21. The highest BCUT2D eigenvalue weighted by molar-refractivity contribution is 6.33. The SMILES string of the molecule is O=C(COC(=O)CC(NC(=O)c1ccccc1Cl)c1ccccc1)NCC1CCCCC1. The predicted molar refractivity (Wildman–Crippen MR) is 123 cm³/mol. The molecule has 1 fully saturated rings. The van der Waals surface area contributed by atoms with Gasteiger partial charge in [-0.25, -0.2) is 0 Å². The maximum Gasteiger partial charge on any atom is 0.308 e. The van der Waals surface area contributed by atoms with Crippen molar-refractivity contribution in [1.82, 2.24) is 10.6 Å². The molecule has 0 aromatic heterocycles. The maximum atomic E-state index is 12.7. The summed E-state index contributed by atoms with van der Waals surface area (Å²) in [7, 11) is 0. The molecule has 2 aromatic rings. The van der Waals surface area contributed by atoms with Crippen molar-refractivity contribution < 1.29 is 19.1 Å². The van der Waals surface area contributed by atoms with Crippen LogP contribution in [0.15, 0.2) is 54.6 Å². The lowest BCUT2D eigenvalue weighted by Crippen LogP contribution is -2.34. The first kappa shape index (κ1) is 23.8. The molecular formula is C25H29ClN2O4. The van der Waals surface area contributed by atoms with E-state index in [0.29, 0.717) is 23.0 Å². The van der Waals surface area contributed by atoms with Gasteiger partial charge in [0.15, 0.2) is 6.61 Å². The molecular weight excluding hydrogens is 428 g/mol. The summed E-state index contributed by atoms with van der Waals surface area (Å²) in [5.74, 6) is -0.750. The Kier molecular flexibility index (Phi) is 9.11. The zero-order valence-corrected chi connectivity index (χ0v) is 18.8. The van der Waals surface area contributed by atoms with Gasteiger partial charge in [0.05, 0.1) is 23.0 Å². The van der Waals surface area contributed by atoms with Gasteiger partial charge in [0.2, 0.25) is 0 Å². The van der Waals surface area contributed by atoms with E-state index in [4.69, 9.17) is 16.3 Å². The third-order valence-corrected chi connectivity index (χ3v) is 6.00. The molecule has 2 aromatic carbocycles. The van der Waals surface area contributed by atoms with Crippen LogP contribution in [0.5, 0.6) is 0 Å². The molecule has 0 radical (unpaired) electrons. The van der Waals surface area contributed by atoms with Gasteiger partial charge in [-0.1, -0.05) is 73.3 Å². The number of hydrogen-bond acceptors (Lipinski definition) is 4. The minimum Gasteiger partial charge on any atom is -0.456 e. The fourth-order valence-corrected chi connectivity index (χ4v) is 4.11. The maximum absolute atomic E-state index is 12.7.